The van der Waals surface area contributed by atoms with Crippen LogP contribution in [0, 0.1) is 6.92 Å². The maximum atomic E-state index is 11.9. The van der Waals surface area contributed by atoms with Gasteiger partial charge in [0.05, 0.1) is 0 Å². The van der Waals surface area contributed by atoms with E-state index in [1.807, 2.05) is 0 Å². The van der Waals surface area contributed by atoms with Gasteiger partial charge in [-0.2, -0.15) is 0 Å². The molecule has 5 nitrogen and oxygen atoms in total. The Morgan fingerprint density at radius 2 is 1.94 bits per heavy atom. The number of ether oxygens (including phenoxy) is 1. The van der Waals surface area contributed by atoms with Crippen molar-refractivity contribution in [3.05, 3.63) is 22.0 Å². The average molecular weight is 292 g/mol. The second kappa shape index (κ2) is 4.22. The van der Waals surface area contributed by atoms with Crippen LogP contribution < -0.4 is 10.3 Å². The number of H-pyrrole nitrogens is 1. The number of aromatic amines is 1. The third kappa shape index (κ3) is 3.63. The van der Waals surface area contributed by atoms with Gasteiger partial charge >= 0.3 is 6.36 Å². The van der Waals surface area contributed by atoms with Gasteiger partial charge in [-0.1, -0.05) is 0 Å². The maximum absolute atomic E-state index is 11.9. The number of hydrogen-bond donors (Lipinski definition) is 1. The quantitative estimate of drug-likeness (QED) is 0.838. The molecule has 0 fully saturated rings. The van der Waals surface area contributed by atoms with Gasteiger partial charge in [-0.05, 0) is 18.6 Å². The summed E-state index contributed by atoms with van der Waals surface area (Å²) in [6, 6.07) is 0.640. The lowest BCUT2D eigenvalue weighted by Gasteiger charge is -2.09. The second-order valence-electron chi connectivity index (χ2n) is 2.96. The van der Waals surface area contributed by atoms with Crippen molar-refractivity contribution in [2.45, 2.75) is 18.3 Å². The van der Waals surface area contributed by atoms with Crippen LogP contribution in [-0.2, 0) is 9.05 Å². The topological polar surface area (TPSA) is 76.2 Å². The standard InChI is InChI=1S/C7H5ClF3NO4S/c1-3-2-4(16-7(9,10)11)5(13)12-6(3)17(8,14)15/h2H,1H3,(H,12,13). The fraction of sp³-hybridized carbons (Fsp3) is 0.286. The van der Waals surface area contributed by atoms with E-state index in [0.29, 0.717) is 6.07 Å². The molecule has 0 saturated heterocycles. The van der Waals surface area contributed by atoms with Crippen molar-refractivity contribution in [2.24, 2.45) is 0 Å². The molecule has 0 bridgehead atoms. The van der Waals surface area contributed by atoms with Crippen molar-refractivity contribution in [3.8, 4) is 5.75 Å². The Bertz CT molecular complexity index is 592. The van der Waals surface area contributed by atoms with Crippen LogP contribution in [0.3, 0.4) is 0 Å². The molecular weight excluding hydrogens is 287 g/mol. The number of alkyl halides is 3. The molecule has 0 saturated carbocycles. The number of rotatable bonds is 2. The lowest BCUT2D eigenvalue weighted by atomic mass is 10.3. The van der Waals surface area contributed by atoms with E-state index >= 15 is 0 Å². The highest BCUT2D eigenvalue weighted by atomic mass is 35.7. The summed E-state index contributed by atoms with van der Waals surface area (Å²) in [7, 11) is 0.724. The molecular formula is C7H5ClF3NO4S. The van der Waals surface area contributed by atoms with Gasteiger partial charge in [0.15, 0.2) is 10.8 Å². The maximum Gasteiger partial charge on any atom is 0.573 e. The van der Waals surface area contributed by atoms with Gasteiger partial charge in [-0.3, -0.25) is 4.79 Å². The van der Waals surface area contributed by atoms with Gasteiger partial charge in [-0.15, -0.1) is 13.2 Å². The van der Waals surface area contributed by atoms with Gasteiger partial charge in [0.1, 0.15) is 0 Å². The van der Waals surface area contributed by atoms with Crippen LogP contribution in [0.4, 0.5) is 13.2 Å². The molecule has 1 heterocycles. The summed E-state index contributed by atoms with van der Waals surface area (Å²) in [5.74, 6) is -1.06. The van der Waals surface area contributed by atoms with E-state index in [2.05, 4.69) is 4.74 Å². The van der Waals surface area contributed by atoms with Crippen LogP contribution in [-0.4, -0.2) is 19.8 Å². The number of nitrogens with one attached hydrogen (secondary N) is 1. The molecule has 10 heteroatoms. The Kier molecular flexibility index (Phi) is 3.44. The zero-order valence-corrected chi connectivity index (χ0v) is 9.70. The van der Waals surface area contributed by atoms with Gasteiger partial charge < -0.3 is 9.72 Å². The summed E-state index contributed by atoms with van der Waals surface area (Å²) in [5.41, 5.74) is -1.51. The highest BCUT2D eigenvalue weighted by Crippen LogP contribution is 2.23. The normalized spacial score (nSPS) is 12.5. The van der Waals surface area contributed by atoms with Crippen LogP contribution in [0.1, 0.15) is 5.56 Å². The van der Waals surface area contributed by atoms with Crippen molar-refractivity contribution < 1.29 is 26.3 Å². The monoisotopic (exact) mass is 291 g/mol. The molecule has 17 heavy (non-hydrogen) atoms. The predicted molar refractivity (Wildman–Crippen MR) is 51.5 cm³/mol. The van der Waals surface area contributed by atoms with Crippen LogP contribution in [0.2, 0.25) is 0 Å². The van der Waals surface area contributed by atoms with Crippen LogP contribution >= 0.6 is 10.7 Å². The number of hydrogen-bond acceptors (Lipinski definition) is 4. The van der Waals surface area contributed by atoms with E-state index in [-0.39, 0.29) is 5.56 Å². The summed E-state index contributed by atoms with van der Waals surface area (Å²) < 4.78 is 60.9. The zero-order valence-electron chi connectivity index (χ0n) is 8.13. The van der Waals surface area contributed by atoms with Gasteiger partial charge in [-0.25, -0.2) is 8.42 Å². The molecule has 0 aliphatic carbocycles. The largest absolute Gasteiger partial charge is 0.573 e. The Hall–Kier alpha value is -1.22. The lowest BCUT2D eigenvalue weighted by Crippen LogP contribution is -2.24. The molecule has 1 rings (SSSR count). The molecule has 0 aromatic carbocycles. The highest BCUT2D eigenvalue weighted by Gasteiger charge is 2.33. The lowest BCUT2D eigenvalue weighted by molar-refractivity contribution is -0.275. The van der Waals surface area contributed by atoms with E-state index in [1.54, 1.807) is 4.98 Å². The van der Waals surface area contributed by atoms with E-state index in [9.17, 15) is 26.4 Å². The fourth-order valence-electron chi connectivity index (χ4n) is 1.04. The van der Waals surface area contributed by atoms with Gasteiger partial charge in [0.2, 0.25) is 0 Å². The number of aromatic nitrogens is 1. The van der Waals surface area contributed by atoms with Crippen LogP contribution in [0.25, 0.3) is 0 Å². The van der Waals surface area contributed by atoms with E-state index in [4.69, 9.17) is 10.7 Å². The van der Waals surface area contributed by atoms with E-state index in [1.165, 1.54) is 0 Å². The summed E-state index contributed by atoms with van der Waals surface area (Å²) in [6.07, 6.45) is -5.04. The minimum Gasteiger partial charge on any atom is -0.400 e. The molecule has 1 aromatic rings. The van der Waals surface area contributed by atoms with Crippen molar-refractivity contribution >= 4 is 19.7 Å². The van der Waals surface area contributed by atoms with Crippen LogP contribution in [0.15, 0.2) is 15.9 Å². The fourth-order valence-corrected chi connectivity index (χ4v) is 2.18. The number of halogens is 4. The van der Waals surface area contributed by atoms with Gasteiger partial charge in [0.25, 0.3) is 14.6 Å². The molecule has 1 N–H and O–H groups in total. The predicted octanol–water partition coefficient (Wildman–Crippen LogP) is 1.51. The van der Waals surface area contributed by atoms with E-state index in [0.717, 1.165) is 6.92 Å². The second-order valence-corrected chi connectivity index (χ2v) is 5.46. The summed E-state index contributed by atoms with van der Waals surface area (Å²) >= 11 is 0. The van der Waals surface area contributed by atoms with Gasteiger partial charge in [0, 0.05) is 10.7 Å². The first kappa shape index (κ1) is 13.8. The molecule has 0 spiro atoms. The van der Waals surface area contributed by atoms with Crippen molar-refractivity contribution in [2.75, 3.05) is 0 Å². The first-order valence-electron chi connectivity index (χ1n) is 3.95. The van der Waals surface area contributed by atoms with E-state index < -0.39 is 31.7 Å². The minimum absolute atomic E-state index is 0.168. The Balaban J connectivity index is 3.34. The molecule has 96 valence electrons. The first-order valence-corrected chi connectivity index (χ1v) is 6.26. The first-order chi connectivity index (χ1) is 7.50. The average Bonchev–Trinajstić information content (AvgIpc) is 2.06. The Morgan fingerprint density at radius 1 is 1.41 bits per heavy atom. The van der Waals surface area contributed by atoms with Crippen molar-refractivity contribution in [3.63, 3.8) is 0 Å². The van der Waals surface area contributed by atoms with Crippen LogP contribution in [0.5, 0.6) is 5.75 Å². The molecule has 0 atom stereocenters. The zero-order chi connectivity index (χ0) is 13.4. The summed E-state index contributed by atoms with van der Waals surface area (Å²) in [4.78, 5) is 12.8. The molecule has 0 aliphatic heterocycles. The molecule has 0 radical (unpaired) electrons. The number of aryl methyl sites for hydroxylation is 1. The van der Waals surface area contributed by atoms with Crippen molar-refractivity contribution in [1.29, 1.82) is 0 Å². The number of pyridine rings is 1. The highest BCUT2D eigenvalue weighted by molar-refractivity contribution is 8.13. The third-order valence-corrected chi connectivity index (χ3v) is 3.00. The van der Waals surface area contributed by atoms with Crippen molar-refractivity contribution in [1.82, 2.24) is 4.98 Å². The third-order valence-electron chi connectivity index (χ3n) is 1.63. The summed E-state index contributed by atoms with van der Waals surface area (Å²) in [5, 5.41) is -0.668. The Labute approximate surface area is 97.6 Å². The molecule has 0 aliphatic rings. The summed E-state index contributed by atoms with van der Waals surface area (Å²) in [6.45, 7) is 1.16. The SMILES string of the molecule is Cc1cc(OC(F)(F)F)c(=O)[nH]c1S(=O)(=O)Cl. The molecule has 0 amide bonds. The minimum atomic E-state index is -5.04. The smallest absolute Gasteiger partial charge is 0.400 e. The Morgan fingerprint density at radius 3 is 2.35 bits per heavy atom. The molecule has 1 aromatic heterocycles. The molecule has 0 unspecified atom stereocenters.